The number of fused-ring (bicyclic) bond motifs is 1. The number of amides is 3. The first-order chi connectivity index (χ1) is 18.5. The minimum atomic E-state index is -0.578. The van der Waals surface area contributed by atoms with Gasteiger partial charge in [0.2, 0.25) is 11.8 Å². The van der Waals surface area contributed by atoms with Crippen molar-refractivity contribution in [2.24, 2.45) is 17.8 Å². The summed E-state index contributed by atoms with van der Waals surface area (Å²) in [5, 5.41) is 6.39. The van der Waals surface area contributed by atoms with Gasteiger partial charge in [0.05, 0.1) is 0 Å². The van der Waals surface area contributed by atoms with Crippen LogP contribution in [-0.2, 0) is 28.3 Å². The highest BCUT2D eigenvalue weighted by Gasteiger charge is 2.57. The molecule has 2 aliphatic heterocycles. The van der Waals surface area contributed by atoms with Gasteiger partial charge in [0.25, 0.3) is 5.91 Å². The number of carbonyl (C=O) groups excluding carboxylic acids is 3. The van der Waals surface area contributed by atoms with Gasteiger partial charge in [0.1, 0.15) is 6.04 Å². The zero-order chi connectivity index (χ0) is 25.9. The van der Waals surface area contributed by atoms with Crippen molar-refractivity contribution in [1.29, 1.82) is 0 Å². The maximum Gasteiger partial charge on any atom is 0.255 e. The van der Waals surface area contributed by atoms with E-state index < -0.39 is 6.04 Å². The average molecular weight is 530 g/mol. The fourth-order valence-electron chi connectivity index (χ4n) is 8.20. The van der Waals surface area contributed by atoms with Gasteiger partial charge in [-0.1, -0.05) is 30.3 Å². The number of thioether (sulfide) groups is 1. The highest BCUT2D eigenvalue weighted by atomic mass is 32.2. The van der Waals surface area contributed by atoms with E-state index in [0.29, 0.717) is 24.1 Å². The van der Waals surface area contributed by atoms with Crippen LogP contribution < -0.4 is 10.6 Å². The Balaban J connectivity index is 0.947. The molecule has 1 saturated heterocycles. The van der Waals surface area contributed by atoms with E-state index >= 15 is 0 Å². The molecule has 198 valence electrons. The number of hydrogen-bond acceptors (Lipinski definition) is 5. The summed E-state index contributed by atoms with van der Waals surface area (Å²) in [7, 11) is 0. The highest BCUT2D eigenvalue weighted by molar-refractivity contribution is 7.98. The molecule has 3 amide bonds. The summed E-state index contributed by atoms with van der Waals surface area (Å²) < 4.78 is 0. The molecule has 5 fully saturated rings. The zero-order valence-corrected chi connectivity index (χ0v) is 22.5. The van der Waals surface area contributed by atoms with E-state index in [4.69, 9.17) is 0 Å². The van der Waals surface area contributed by atoms with Gasteiger partial charge in [0.15, 0.2) is 0 Å². The Kier molecular flexibility index (Phi) is 6.12. The summed E-state index contributed by atoms with van der Waals surface area (Å²) in [5.74, 6) is 2.98. The topological polar surface area (TPSA) is 78.5 Å². The lowest BCUT2D eigenvalue weighted by molar-refractivity contribution is -0.136. The summed E-state index contributed by atoms with van der Waals surface area (Å²) in [6.07, 6.45) is 8.95. The van der Waals surface area contributed by atoms with E-state index in [9.17, 15) is 14.4 Å². The van der Waals surface area contributed by atoms with Crippen LogP contribution in [0.4, 0.5) is 0 Å². The number of hydrogen-bond donors (Lipinski definition) is 2. The van der Waals surface area contributed by atoms with Gasteiger partial charge in [0, 0.05) is 34.7 Å². The van der Waals surface area contributed by atoms with Crippen LogP contribution in [0, 0.1) is 17.8 Å². The molecule has 2 aromatic carbocycles. The first-order valence-electron chi connectivity index (χ1n) is 14.2. The van der Waals surface area contributed by atoms with E-state index in [-0.39, 0.29) is 24.1 Å². The Morgan fingerprint density at radius 2 is 1.74 bits per heavy atom. The maximum absolute atomic E-state index is 13.1. The number of carbonyl (C=O) groups is 3. The average Bonchev–Trinajstić information content (AvgIpc) is 3.45. The molecule has 6 nitrogen and oxygen atoms in total. The molecule has 0 aromatic heterocycles. The summed E-state index contributed by atoms with van der Waals surface area (Å²) in [6, 6.07) is 14.2. The van der Waals surface area contributed by atoms with Crippen molar-refractivity contribution >= 4 is 29.5 Å². The summed E-state index contributed by atoms with van der Waals surface area (Å²) in [4.78, 5) is 39.7. The lowest BCUT2D eigenvalue weighted by atomic mass is 9.80. The summed E-state index contributed by atoms with van der Waals surface area (Å²) in [6.45, 7) is 1.48. The van der Waals surface area contributed by atoms with Gasteiger partial charge in [-0.25, -0.2) is 0 Å². The number of nitrogens with zero attached hydrogens (tertiary/aromatic N) is 1. The molecular weight excluding hydrogens is 494 g/mol. The van der Waals surface area contributed by atoms with Gasteiger partial charge >= 0.3 is 0 Å². The van der Waals surface area contributed by atoms with Gasteiger partial charge in [-0.3, -0.25) is 19.7 Å². The van der Waals surface area contributed by atoms with Gasteiger partial charge in [-0.2, -0.15) is 0 Å². The van der Waals surface area contributed by atoms with Crippen LogP contribution in [0.5, 0.6) is 0 Å². The van der Waals surface area contributed by atoms with Crippen molar-refractivity contribution in [3.8, 4) is 0 Å². The summed E-state index contributed by atoms with van der Waals surface area (Å²) >= 11 is 1.74. The molecule has 4 bridgehead atoms. The molecule has 4 saturated carbocycles. The molecule has 6 aliphatic rings. The monoisotopic (exact) mass is 529 g/mol. The van der Waals surface area contributed by atoms with E-state index in [1.165, 1.54) is 43.2 Å². The number of nitrogens with one attached hydrogen (secondary N) is 2. The first-order valence-corrected chi connectivity index (χ1v) is 15.2. The second-order valence-corrected chi connectivity index (χ2v) is 13.2. The molecule has 7 heteroatoms. The van der Waals surface area contributed by atoms with Gasteiger partial charge < -0.3 is 10.2 Å². The van der Waals surface area contributed by atoms with E-state index in [1.807, 2.05) is 12.1 Å². The number of piperidine rings is 1. The normalized spacial score (nSPS) is 31.3. The first kappa shape index (κ1) is 24.4. The van der Waals surface area contributed by atoms with Crippen LogP contribution >= 0.6 is 11.8 Å². The number of rotatable bonds is 8. The molecular formula is C31H35N3O3S. The van der Waals surface area contributed by atoms with Crippen LogP contribution in [0.2, 0.25) is 0 Å². The minimum Gasteiger partial charge on any atom is -0.322 e. The molecule has 0 radical (unpaired) electrons. The van der Waals surface area contributed by atoms with Crippen molar-refractivity contribution < 1.29 is 14.4 Å². The lowest BCUT2D eigenvalue weighted by Gasteiger charge is -2.34. The largest absolute Gasteiger partial charge is 0.322 e. The second kappa shape index (κ2) is 9.53. The van der Waals surface area contributed by atoms with Crippen LogP contribution in [0.1, 0.15) is 72.0 Å². The van der Waals surface area contributed by atoms with E-state index in [0.717, 1.165) is 46.9 Å². The van der Waals surface area contributed by atoms with Crippen molar-refractivity contribution in [3.05, 3.63) is 64.7 Å². The molecule has 2 aromatic rings. The third kappa shape index (κ3) is 4.28. The molecule has 2 N–H and O–H groups in total. The SMILES string of the molecule is O=C1CCC(N2Cc3c(SCc4ccc(CCNC56CC7CC(CC5C7)C6)cc4)cccc3C2=O)C(=O)N1. The minimum absolute atomic E-state index is 0.118. The molecule has 8 rings (SSSR count). The highest BCUT2D eigenvalue weighted by Crippen LogP contribution is 2.60. The van der Waals surface area contributed by atoms with Crippen molar-refractivity contribution in [3.63, 3.8) is 0 Å². The molecule has 4 aliphatic carbocycles. The van der Waals surface area contributed by atoms with Crippen molar-refractivity contribution in [2.45, 2.75) is 80.1 Å². The smallest absolute Gasteiger partial charge is 0.255 e. The van der Waals surface area contributed by atoms with Crippen LogP contribution in [0.25, 0.3) is 0 Å². The Labute approximate surface area is 228 Å². The van der Waals surface area contributed by atoms with Crippen molar-refractivity contribution in [2.75, 3.05) is 6.54 Å². The Morgan fingerprint density at radius 1 is 0.974 bits per heavy atom. The van der Waals surface area contributed by atoms with Crippen LogP contribution in [0.3, 0.4) is 0 Å². The van der Waals surface area contributed by atoms with Crippen LogP contribution in [-0.4, -0.2) is 40.7 Å². The summed E-state index contributed by atoms with van der Waals surface area (Å²) in [5.41, 5.74) is 4.76. The second-order valence-electron chi connectivity index (χ2n) is 12.2. The third-order valence-electron chi connectivity index (χ3n) is 9.84. The third-order valence-corrected chi connectivity index (χ3v) is 11.0. The van der Waals surface area contributed by atoms with Gasteiger partial charge in [-0.15, -0.1) is 11.8 Å². The van der Waals surface area contributed by atoms with E-state index in [1.54, 1.807) is 16.7 Å². The van der Waals surface area contributed by atoms with Crippen LogP contribution in [0.15, 0.2) is 47.4 Å². The number of benzene rings is 2. The molecule has 3 unspecified atom stereocenters. The maximum atomic E-state index is 13.1. The molecule has 3 atom stereocenters. The predicted octanol–water partition coefficient (Wildman–Crippen LogP) is 4.45. The Morgan fingerprint density at radius 3 is 2.50 bits per heavy atom. The Hall–Kier alpha value is -2.64. The van der Waals surface area contributed by atoms with Gasteiger partial charge in [-0.05, 0) is 98.1 Å². The fraction of sp³-hybridized carbons (Fsp3) is 0.516. The van der Waals surface area contributed by atoms with E-state index in [2.05, 4.69) is 41.0 Å². The quantitative estimate of drug-likeness (QED) is 0.390. The molecule has 2 heterocycles. The zero-order valence-electron chi connectivity index (χ0n) is 21.7. The fourth-order valence-corrected chi connectivity index (χ4v) is 9.23. The van der Waals surface area contributed by atoms with Crippen molar-refractivity contribution in [1.82, 2.24) is 15.5 Å². The standard InChI is InChI=1S/C31H35N3O3S/c35-28-9-8-26(29(36)33-28)34-17-25-24(30(34)37)2-1-3-27(25)38-18-20-6-4-19(5-7-20)10-11-32-31-15-21-12-22(16-31)14-23(31)13-21/h1-7,21-23,26,32H,8-18H2,(H,33,35,36). The molecule has 38 heavy (non-hydrogen) atoms. The predicted molar refractivity (Wildman–Crippen MR) is 146 cm³/mol. The molecule has 0 spiro atoms. The Bertz CT molecular complexity index is 1280. The lowest BCUT2D eigenvalue weighted by Crippen LogP contribution is -2.52. The number of imide groups is 1.